The minimum absolute atomic E-state index is 0.643. The van der Waals surface area contributed by atoms with Gasteiger partial charge in [-0.15, -0.1) is 11.3 Å². The summed E-state index contributed by atoms with van der Waals surface area (Å²) in [4.78, 5) is 1.22. The number of hydrogen-bond acceptors (Lipinski definition) is 3. The molecule has 2 rings (SSSR count). The second-order valence-electron chi connectivity index (χ2n) is 2.82. The van der Waals surface area contributed by atoms with E-state index in [-0.39, 0.29) is 0 Å². The van der Waals surface area contributed by atoms with Crippen LogP contribution in [0.4, 0.5) is 5.69 Å². The molecule has 0 saturated heterocycles. The molecule has 0 aliphatic carbocycles. The Bertz CT molecular complexity index is 426. The van der Waals surface area contributed by atoms with Crippen molar-refractivity contribution >= 4 is 36.6 Å². The zero-order valence-corrected chi connectivity index (χ0v) is 8.96. The van der Waals surface area contributed by atoms with Crippen LogP contribution >= 0.6 is 20.8 Å². The number of anilines is 1. The Labute approximate surface area is 83.0 Å². The average molecular weight is 211 g/mol. The maximum atomic E-state index is 5.68. The normalized spacial score (nSPS) is 10.8. The Balaban J connectivity index is 2.49. The fraction of sp³-hybridized carbons (Fsp3) is 0.111. The molecule has 2 N–H and O–H groups in total. The molecule has 1 aromatic carbocycles. The van der Waals surface area contributed by atoms with E-state index in [1.807, 2.05) is 18.2 Å². The molecule has 0 radical (unpaired) electrons. The molecule has 1 aromatic heterocycles. The molecule has 2 aromatic rings. The lowest BCUT2D eigenvalue weighted by atomic mass is 10.2. The van der Waals surface area contributed by atoms with E-state index in [1.54, 1.807) is 11.3 Å². The minimum Gasteiger partial charge on any atom is -0.399 e. The summed E-state index contributed by atoms with van der Waals surface area (Å²) in [7, 11) is 2.25. The Morgan fingerprint density at radius 3 is 3.00 bits per heavy atom. The van der Waals surface area contributed by atoms with Gasteiger partial charge in [0.15, 0.2) is 0 Å². The molecule has 0 saturated carbocycles. The van der Waals surface area contributed by atoms with Gasteiger partial charge < -0.3 is 10.3 Å². The van der Waals surface area contributed by atoms with E-state index in [4.69, 9.17) is 10.3 Å². The van der Waals surface area contributed by atoms with E-state index in [0.29, 0.717) is 6.61 Å². The first-order chi connectivity index (χ1) is 6.29. The van der Waals surface area contributed by atoms with Crippen LogP contribution in [0.5, 0.6) is 0 Å². The summed E-state index contributed by atoms with van der Waals surface area (Å²) in [5.41, 5.74) is 6.49. The van der Waals surface area contributed by atoms with Crippen LogP contribution in [-0.2, 0) is 11.1 Å². The molecule has 0 spiro atoms. The molecular weight excluding hydrogens is 201 g/mol. The van der Waals surface area contributed by atoms with Crippen molar-refractivity contribution in [2.24, 2.45) is 0 Å². The number of nitrogen functional groups attached to an aromatic ring is 1. The maximum Gasteiger partial charge on any atom is 0.0845 e. The molecule has 2 nitrogen and oxygen atoms in total. The second-order valence-corrected chi connectivity index (χ2v) is 4.32. The van der Waals surface area contributed by atoms with E-state index in [9.17, 15) is 0 Å². The summed E-state index contributed by atoms with van der Waals surface area (Å²) in [6.45, 7) is 0.643. The lowest BCUT2D eigenvalue weighted by Crippen LogP contribution is -1.80. The smallest absolute Gasteiger partial charge is 0.0845 e. The number of benzene rings is 1. The van der Waals surface area contributed by atoms with Gasteiger partial charge >= 0.3 is 0 Å². The molecule has 0 fully saturated rings. The molecular formula is C9H10NOPS. The van der Waals surface area contributed by atoms with Gasteiger partial charge in [0, 0.05) is 24.7 Å². The fourth-order valence-electron chi connectivity index (χ4n) is 1.26. The maximum absolute atomic E-state index is 5.68. The van der Waals surface area contributed by atoms with Crippen LogP contribution in [0.2, 0.25) is 0 Å². The summed E-state index contributed by atoms with van der Waals surface area (Å²) in [6.07, 6.45) is 0. The van der Waals surface area contributed by atoms with Gasteiger partial charge in [-0.25, -0.2) is 0 Å². The highest BCUT2D eigenvalue weighted by molar-refractivity contribution is 7.19. The van der Waals surface area contributed by atoms with Crippen molar-refractivity contribution in [2.75, 3.05) is 5.73 Å². The first-order valence-electron chi connectivity index (χ1n) is 3.89. The van der Waals surface area contributed by atoms with Crippen molar-refractivity contribution in [3.05, 3.63) is 29.1 Å². The van der Waals surface area contributed by atoms with Crippen molar-refractivity contribution in [1.29, 1.82) is 0 Å². The topological polar surface area (TPSA) is 35.2 Å². The van der Waals surface area contributed by atoms with Crippen LogP contribution in [0.1, 0.15) is 4.88 Å². The van der Waals surface area contributed by atoms with Crippen LogP contribution in [0.25, 0.3) is 10.1 Å². The highest BCUT2D eigenvalue weighted by atomic mass is 32.1. The Hall–Kier alpha value is -0.630. The molecule has 0 aliphatic rings. The van der Waals surface area contributed by atoms with Gasteiger partial charge in [-0.2, -0.15) is 0 Å². The number of fused-ring (bicyclic) bond motifs is 1. The molecule has 0 amide bonds. The third-order valence-corrected chi connectivity index (χ3v) is 3.06. The standard InChI is InChI=1S/C9H10NOPS/c10-7-2-1-6-3-8(5-11-12)13-9(6)4-7/h1-4H,5,10,12H2. The van der Waals surface area contributed by atoms with E-state index < -0.39 is 0 Å². The van der Waals surface area contributed by atoms with Crippen molar-refractivity contribution in [1.82, 2.24) is 0 Å². The van der Waals surface area contributed by atoms with Gasteiger partial charge in [0.25, 0.3) is 0 Å². The summed E-state index contributed by atoms with van der Waals surface area (Å²) < 4.78 is 6.20. The highest BCUT2D eigenvalue weighted by Gasteiger charge is 2.00. The van der Waals surface area contributed by atoms with Crippen LogP contribution in [0.15, 0.2) is 24.3 Å². The third kappa shape index (κ3) is 1.83. The van der Waals surface area contributed by atoms with E-state index in [0.717, 1.165) is 5.69 Å². The predicted octanol–water partition coefficient (Wildman–Crippen LogP) is 2.79. The first kappa shape index (κ1) is 8.95. The van der Waals surface area contributed by atoms with Gasteiger partial charge in [0.1, 0.15) is 0 Å². The van der Waals surface area contributed by atoms with Crippen LogP contribution < -0.4 is 5.73 Å². The average Bonchev–Trinajstić information content (AvgIpc) is 2.46. The summed E-state index contributed by atoms with van der Waals surface area (Å²) >= 11 is 1.72. The van der Waals surface area contributed by atoms with Gasteiger partial charge in [-0.1, -0.05) is 6.07 Å². The number of thiophene rings is 1. The number of rotatable bonds is 2. The highest BCUT2D eigenvalue weighted by Crippen LogP contribution is 2.28. The quantitative estimate of drug-likeness (QED) is 0.612. The molecule has 0 bridgehead atoms. The zero-order chi connectivity index (χ0) is 9.26. The van der Waals surface area contributed by atoms with Crippen LogP contribution in [0, 0.1) is 0 Å². The van der Waals surface area contributed by atoms with E-state index in [1.165, 1.54) is 15.0 Å². The van der Waals surface area contributed by atoms with Crippen LogP contribution in [-0.4, -0.2) is 0 Å². The lowest BCUT2D eigenvalue weighted by molar-refractivity contribution is 0.366. The summed E-state index contributed by atoms with van der Waals surface area (Å²) in [5.74, 6) is 0. The Kier molecular flexibility index (Phi) is 2.49. The van der Waals surface area contributed by atoms with E-state index >= 15 is 0 Å². The largest absolute Gasteiger partial charge is 0.399 e. The molecule has 0 aliphatic heterocycles. The van der Waals surface area contributed by atoms with Gasteiger partial charge in [0.05, 0.1) is 6.61 Å². The second kappa shape index (κ2) is 3.62. The molecule has 1 atom stereocenters. The fourth-order valence-corrected chi connectivity index (χ4v) is 2.59. The van der Waals surface area contributed by atoms with Gasteiger partial charge in [-0.05, 0) is 23.6 Å². The lowest BCUT2D eigenvalue weighted by Gasteiger charge is -1.90. The zero-order valence-electron chi connectivity index (χ0n) is 6.99. The first-order valence-corrected chi connectivity index (χ1v) is 5.18. The van der Waals surface area contributed by atoms with Crippen molar-refractivity contribution in [2.45, 2.75) is 6.61 Å². The minimum atomic E-state index is 0.643. The Morgan fingerprint density at radius 2 is 2.23 bits per heavy atom. The molecule has 1 heterocycles. The molecule has 1 unspecified atom stereocenters. The SMILES string of the molecule is Nc1ccc2cc(COP)sc2c1. The monoisotopic (exact) mass is 211 g/mol. The Morgan fingerprint density at radius 1 is 1.38 bits per heavy atom. The van der Waals surface area contributed by atoms with Gasteiger partial charge in [-0.3, -0.25) is 0 Å². The van der Waals surface area contributed by atoms with Crippen molar-refractivity contribution in [3.63, 3.8) is 0 Å². The molecule has 4 heteroatoms. The van der Waals surface area contributed by atoms with Crippen molar-refractivity contribution < 1.29 is 4.52 Å². The van der Waals surface area contributed by atoms with Crippen LogP contribution in [0.3, 0.4) is 0 Å². The predicted molar refractivity (Wildman–Crippen MR) is 60.7 cm³/mol. The van der Waals surface area contributed by atoms with Crippen molar-refractivity contribution in [3.8, 4) is 0 Å². The van der Waals surface area contributed by atoms with E-state index in [2.05, 4.69) is 15.5 Å². The molecule has 13 heavy (non-hydrogen) atoms. The number of hydrogen-bond donors (Lipinski definition) is 1. The third-order valence-electron chi connectivity index (χ3n) is 1.82. The molecule has 68 valence electrons. The summed E-state index contributed by atoms with van der Waals surface area (Å²) in [5, 5.41) is 1.23. The van der Waals surface area contributed by atoms with Gasteiger partial charge in [0.2, 0.25) is 0 Å². The summed E-state index contributed by atoms with van der Waals surface area (Å²) in [6, 6.07) is 8.07. The number of nitrogens with two attached hydrogens (primary N) is 1.